The Balaban J connectivity index is 2.02. The lowest BCUT2D eigenvalue weighted by atomic mass is 9.57. The molecule has 1 saturated carbocycles. The van der Waals surface area contributed by atoms with Crippen molar-refractivity contribution in [1.29, 1.82) is 0 Å². The Hall–Kier alpha value is -0.370. The van der Waals surface area contributed by atoms with E-state index in [0.29, 0.717) is 0 Å². The fourth-order valence-corrected chi connectivity index (χ4v) is 3.17. The van der Waals surface area contributed by atoms with Gasteiger partial charge in [0.05, 0.1) is 0 Å². The van der Waals surface area contributed by atoms with E-state index in [-0.39, 0.29) is 11.8 Å². The molecule has 2 bridgehead atoms. The first-order chi connectivity index (χ1) is 6.59. The van der Waals surface area contributed by atoms with Crippen LogP contribution in [-0.4, -0.2) is 30.2 Å². The van der Waals surface area contributed by atoms with E-state index >= 15 is 0 Å². The summed E-state index contributed by atoms with van der Waals surface area (Å²) < 4.78 is 14.4. The Kier molecular flexibility index (Phi) is 2.42. The minimum Gasteiger partial charge on any atom is -0.303 e. The molecular weight excluding hydrogens is 177 g/mol. The van der Waals surface area contributed by atoms with Gasteiger partial charge >= 0.3 is 0 Å². The summed E-state index contributed by atoms with van der Waals surface area (Å²) in [6, 6.07) is 0. The highest BCUT2D eigenvalue weighted by Crippen LogP contribution is 2.54. The average Bonchev–Trinajstić information content (AvgIpc) is 2.17. The van der Waals surface area contributed by atoms with Gasteiger partial charge in [-0.15, -0.1) is 0 Å². The maximum atomic E-state index is 14.4. The molecule has 2 aliphatic heterocycles. The Morgan fingerprint density at radius 1 is 1.50 bits per heavy atom. The van der Waals surface area contributed by atoms with Gasteiger partial charge in [0.1, 0.15) is 5.67 Å². The molecule has 0 aromatic carbocycles. The van der Waals surface area contributed by atoms with Crippen LogP contribution in [0.25, 0.3) is 0 Å². The summed E-state index contributed by atoms with van der Waals surface area (Å²) in [4.78, 5) is 2.40. The van der Waals surface area contributed by atoms with Gasteiger partial charge in [0.15, 0.2) is 0 Å². The second-order valence-electron chi connectivity index (χ2n) is 4.94. The lowest BCUT2D eigenvalue weighted by Gasteiger charge is -2.58. The lowest BCUT2D eigenvalue weighted by Crippen LogP contribution is -2.65. The average molecular weight is 197 g/mol. The van der Waals surface area contributed by atoms with Gasteiger partial charge in [0.2, 0.25) is 0 Å². The first-order valence-electron chi connectivity index (χ1n) is 5.66. The molecule has 0 aromatic rings. The maximum Gasteiger partial charge on any atom is 0.139 e. The summed E-state index contributed by atoms with van der Waals surface area (Å²) in [6.45, 7) is 10.8. The summed E-state index contributed by atoms with van der Waals surface area (Å²) in [5.41, 5.74) is -0.278. The van der Waals surface area contributed by atoms with E-state index in [1.54, 1.807) is 0 Å². The van der Waals surface area contributed by atoms with Crippen molar-refractivity contribution in [3.05, 3.63) is 12.2 Å². The number of nitrogens with zero attached hydrogens (tertiary/aromatic N) is 1. The van der Waals surface area contributed by atoms with Crippen molar-refractivity contribution in [3.8, 4) is 0 Å². The predicted octanol–water partition coefficient (Wildman–Crippen LogP) is 2.63. The molecule has 80 valence electrons. The lowest BCUT2D eigenvalue weighted by molar-refractivity contribution is -0.121. The smallest absolute Gasteiger partial charge is 0.139 e. The molecule has 0 aromatic heterocycles. The van der Waals surface area contributed by atoms with Gasteiger partial charge in [0, 0.05) is 24.9 Å². The molecule has 2 heteroatoms. The van der Waals surface area contributed by atoms with E-state index in [4.69, 9.17) is 0 Å². The second kappa shape index (κ2) is 3.34. The third-order valence-corrected chi connectivity index (χ3v) is 3.91. The number of hydrogen-bond acceptors (Lipinski definition) is 1. The van der Waals surface area contributed by atoms with E-state index in [2.05, 4.69) is 18.4 Å². The Bertz CT molecular complexity index is 237. The van der Waals surface area contributed by atoms with Crippen LogP contribution in [-0.2, 0) is 0 Å². The molecule has 2 unspecified atom stereocenters. The van der Waals surface area contributed by atoms with Gasteiger partial charge in [-0.05, 0) is 31.9 Å². The van der Waals surface area contributed by atoms with Gasteiger partial charge in [-0.3, -0.25) is 0 Å². The van der Waals surface area contributed by atoms with Crippen LogP contribution in [0.3, 0.4) is 0 Å². The Morgan fingerprint density at radius 3 is 2.50 bits per heavy atom. The molecule has 1 nitrogen and oxygen atoms in total. The molecule has 1 aliphatic carbocycles. The topological polar surface area (TPSA) is 3.24 Å². The fourth-order valence-electron chi connectivity index (χ4n) is 3.17. The molecule has 0 N–H and O–H groups in total. The molecular formula is C12H20FN. The van der Waals surface area contributed by atoms with E-state index in [9.17, 15) is 4.39 Å². The minimum absolute atomic E-state index is 0.227. The number of halogens is 1. The standard InChI is InChI=1S/C12H20FN/c1-4-5-14-7-10-6-11(8-14)12(10,13)9(2)3/h10-11H,2,4-8H2,1,3H3/t10-,11?,12?/m0/s1. The maximum absolute atomic E-state index is 14.4. The molecule has 3 fully saturated rings. The molecule has 3 rings (SSSR count). The molecule has 0 amide bonds. The van der Waals surface area contributed by atoms with Gasteiger partial charge in [0.25, 0.3) is 0 Å². The van der Waals surface area contributed by atoms with Crippen LogP contribution < -0.4 is 0 Å². The van der Waals surface area contributed by atoms with Crippen LogP contribution in [0.15, 0.2) is 12.2 Å². The molecule has 3 atom stereocenters. The van der Waals surface area contributed by atoms with E-state index < -0.39 is 5.67 Å². The predicted molar refractivity (Wildman–Crippen MR) is 57.0 cm³/mol. The van der Waals surface area contributed by atoms with Gasteiger partial charge in [-0.25, -0.2) is 4.39 Å². The van der Waals surface area contributed by atoms with Crippen LogP contribution >= 0.6 is 0 Å². The summed E-state index contributed by atoms with van der Waals surface area (Å²) in [7, 11) is 0. The highest BCUT2D eigenvalue weighted by Gasteiger charge is 2.59. The van der Waals surface area contributed by atoms with Crippen LogP contribution in [0.1, 0.15) is 26.7 Å². The Labute approximate surface area is 86.0 Å². The minimum atomic E-state index is -1.02. The first kappa shape index (κ1) is 10.2. The Morgan fingerprint density at radius 2 is 2.07 bits per heavy atom. The van der Waals surface area contributed by atoms with E-state index in [1.807, 2.05) is 6.92 Å². The van der Waals surface area contributed by atoms with Crippen molar-refractivity contribution < 1.29 is 4.39 Å². The van der Waals surface area contributed by atoms with E-state index in [0.717, 1.165) is 31.6 Å². The highest BCUT2D eigenvalue weighted by molar-refractivity contribution is 5.24. The van der Waals surface area contributed by atoms with Crippen LogP contribution in [0.5, 0.6) is 0 Å². The van der Waals surface area contributed by atoms with Crippen molar-refractivity contribution >= 4 is 0 Å². The van der Waals surface area contributed by atoms with Crippen molar-refractivity contribution in [1.82, 2.24) is 4.90 Å². The number of allylic oxidation sites excluding steroid dienone is 1. The molecule has 0 spiro atoms. The summed E-state index contributed by atoms with van der Waals surface area (Å²) >= 11 is 0. The van der Waals surface area contributed by atoms with Crippen molar-refractivity contribution in [2.24, 2.45) is 11.8 Å². The summed E-state index contributed by atoms with van der Waals surface area (Å²) in [5.74, 6) is 0.454. The second-order valence-corrected chi connectivity index (χ2v) is 4.94. The zero-order chi connectivity index (χ0) is 10.3. The molecule has 2 heterocycles. The third-order valence-electron chi connectivity index (χ3n) is 3.91. The van der Waals surface area contributed by atoms with Crippen molar-refractivity contribution in [3.63, 3.8) is 0 Å². The zero-order valence-electron chi connectivity index (χ0n) is 9.22. The van der Waals surface area contributed by atoms with E-state index in [1.165, 1.54) is 6.42 Å². The number of fused-ring (bicyclic) bond motifs is 2. The van der Waals surface area contributed by atoms with Gasteiger partial charge < -0.3 is 4.90 Å². The number of hydrogen-bond donors (Lipinski definition) is 0. The molecule has 3 aliphatic rings. The summed E-state index contributed by atoms with van der Waals surface area (Å²) in [6.07, 6.45) is 2.25. The number of rotatable bonds is 3. The highest BCUT2D eigenvalue weighted by atomic mass is 19.1. The first-order valence-corrected chi connectivity index (χ1v) is 5.66. The third kappa shape index (κ3) is 1.23. The fraction of sp³-hybridized carbons (Fsp3) is 0.833. The quantitative estimate of drug-likeness (QED) is 0.629. The SMILES string of the molecule is C=C(C)C1(F)C2C[C@H]1CN(CCC)C2. The van der Waals surface area contributed by atoms with Gasteiger partial charge in [-0.1, -0.05) is 13.5 Å². The number of alkyl halides is 1. The van der Waals surface area contributed by atoms with Crippen molar-refractivity contribution in [2.45, 2.75) is 32.4 Å². The van der Waals surface area contributed by atoms with Crippen LogP contribution in [0.4, 0.5) is 4.39 Å². The van der Waals surface area contributed by atoms with Crippen molar-refractivity contribution in [2.75, 3.05) is 19.6 Å². The van der Waals surface area contributed by atoms with Crippen LogP contribution in [0.2, 0.25) is 0 Å². The molecule has 0 radical (unpaired) electrons. The van der Waals surface area contributed by atoms with Gasteiger partial charge in [-0.2, -0.15) is 0 Å². The monoisotopic (exact) mass is 197 g/mol. The zero-order valence-corrected chi connectivity index (χ0v) is 9.22. The number of piperidine rings is 2. The summed E-state index contributed by atoms with van der Waals surface area (Å²) in [5, 5.41) is 0. The molecule has 2 saturated heterocycles. The molecule has 14 heavy (non-hydrogen) atoms. The largest absolute Gasteiger partial charge is 0.303 e. The van der Waals surface area contributed by atoms with Crippen LogP contribution in [0, 0.1) is 11.8 Å². The normalized spacial score (nSPS) is 41.9.